The molecule has 0 radical (unpaired) electrons. The minimum atomic E-state index is 0.227. The summed E-state index contributed by atoms with van der Waals surface area (Å²) in [5.74, 6) is 1.59. The number of nitrogens with one attached hydrogen (secondary N) is 1. The maximum absolute atomic E-state index is 5.58. The molecule has 1 unspecified atom stereocenters. The summed E-state index contributed by atoms with van der Waals surface area (Å²) in [5, 5.41) is 3.39. The van der Waals surface area contributed by atoms with Gasteiger partial charge in [0.15, 0.2) is 11.5 Å². The highest BCUT2D eigenvalue weighted by Crippen LogP contribution is 2.38. The molecule has 1 aromatic rings. The first-order valence-corrected chi connectivity index (χ1v) is 7.26. The molecule has 1 aromatic carbocycles. The van der Waals surface area contributed by atoms with E-state index in [0.29, 0.717) is 13.2 Å². The number of rotatable bonds is 3. The Labute approximate surface area is 120 Å². The predicted octanol–water partition coefficient (Wildman–Crippen LogP) is 3.32. The summed E-state index contributed by atoms with van der Waals surface area (Å²) in [5.41, 5.74) is 1.00. The van der Waals surface area contributed by atoms with Crippen molar-refractivity contribution in [1.29, 1.82) is 0 Å². The van der Waals surface area contributed by atoms with Gasteiger partial charge in [-0.3, -0.25) is 0 Å². The third-order valence-corrected chi connectivity index (χ3v) is 3.83. The van der Waals surface area contributed by atoms with Crippen LogP contribution in [0.1, 0.15) is 12.8 Å². The van der Waals surface area contributed by atoms with Crippen molar-refractivity contribution in [3.05, 3.63) is 28.9 Å². The van der Waals surface area contributed by atoms with E-state index in [1.54, 1.807) is 6.26 Å². The lowest BCUT2D eigenvalue weighted by Gasteiger charge is -2.23. The average molecular weight is 326 g/mol. The number of halogens is 1. The Hall–Kier alpha value is -1.36. The van der Waals surface area contributed by atoms with Crippen molar-refractivity contribution < 1.29 is 14.2 Å². The molecule has 1 N–H and O–H groups in total. The molecule has 4 nitrogen and oxygen atoms in total. The largest absolute Gasteiger partial charge is 0.497 e. The molecule has 0 spiro atoms. The van der Waals surface area contributed by atoms with E-state index in [1.165, 1.54) is 0 Å². The normalized spacial score (nSPS) is 20.8. The van der Waals surface area contributed by atoms with Crippen molar-refractivity contribution >= 4 is 21.6 Å². The fraction of sp³-hybridized carbons (Fsp3) is 0.429. The Bertz CT molecular complexity index is 490. The molecule has 2 aliphatic heterocycles. The van der Waals surface area contributed by atoms with Crippen LogP contribution in [-0.4, -0.2) is 25.9 Å². The smallest absolute Gasteiger partial charge is 0.163 e. The Balaban J connectivity index is 1.68. The summed E-state index contributed by atoms with van der Waals surface area (Å²) in [6.45, 7) is 1.99. The molecule has 2 aliphatic rings. The summed E-state index contributed by atoms with van der Waals surface area (Å²) >= 11 is 3.55. The van der Waals surface area contributed by atoms with Gasteiger partial charge in [-0.25, -0.2) is 0 Å². The summed E-state index contributed by atoms with van der Waals surface area (Å²) in [7, 11) is 0. The highest BCUT2D eigenvalue weighted by Gasteiger charge is 2.16. The van der Waals surface area contributed by atoms with Crippen molar-refractivity contribution in [3.63, 3.8) is 0 Å². The van der Waals surface area contributed by atoms with Crippen LogP contribution < -0.4 is 14.8 Å². The zero-order valence-electron chi connectivity index (χ0n) is 10.5. The van der Waals surface area contributed by atoms with Crippen LogP contribution in [-0.2, 0) is 4.74 Å². The lowest BCUT2D eigenvalue weighted by molar-refractivity contribution is 0.135. The number of fused-ring (bicyclic) bond motifs is 1. The molecule has 3 rings (SSSR count). The highest BCUT2D eigenvalue weighted by molar-refractivity contribution is 9.10. The molecule has 0 bridgehead atoms. The van der Waals surface area contributed by atoms with Crippen LogP contribution in [0.2, 0.25) is 0 Å². The van der Waals surface area contributed by atoms with Gasteiger partial charge in [0.05, 0.1) is 18.5 Å². The van der Waals surface area contributed by atoms with Crippen LogP contribution in [0.5, 0.6) is 11.5 Å². The third-order valence-electron chi connectivity index (χ3n) is 3.17. The summed E-state index contributed by atoms with van der Waals surface area (Å²) in [6, 6.07) is 3.91. The van der Waals surface area contributed by atoms with Crippen LogP contribution in [0.25, 0.3) is 0 Å². The standard InChI is InChI=1S/C14H16BrNO3/c15-11-7-13-14(19-6-5-18-13)8-12(11)16-9-10-3-1-2-4-17-10/h2,4,7-8,10,16H,1,3,5-6,9H2. The molecule has 1 atom stereocenters. The second-order valence-corrected chi connectivity index (χ2v) is 5.42. The minimum Gasteiger partial charge on any atom is -0.497 e. The number of benzene rings is 1. The molecule has 0 fully saturated rings. The van der Waals surface area contributed by atoms with E-state index >= 15 is 0 Å². The number of hydrogen-bond acceptors (Lipinski definition) is 4. The quantitative estimate of drug-likeness (QED) is 0.925. The van der Waals surface area contributed by atoms with Gasteiger partial charge < -0.3 is 19.5 Å². The molecular weight excluding hydrogens is 310 g/mol. The predicted molar refractivity (Wildman–Crippen MR) is 76.9 cm³/mol. The minimum absolute atomic E-state index is 0.227. The number of ether oxygens (including phenoxy) is 3. The van der Waals surface area contributed by atoms with E-state index in [0.717, 1.165) is 41.0 Å². The monoisotopic (exact) mass is 325 g/mol. The fourth-order valence-electron chi connectivity index (χ4n) is 2.16. The van der Waals surface area contributed by atoms with E-state index in [2.05, 4.69) is 27.3 Å². The van der Waals surface area contributed by atoms with E-state index in [9.17, 15) is 0 Å². The van der Waals surface area contributed by atoms with Crippen LogP contribution >= 0.6 is 15.9 Å². The van der Waals surface area contributed by atoms with E-state index in [4.69, 9.17) is 14.2 Å². The highest BCUT2D eigenvalue weighted by atomic mass is 79.9. The van der Waals surface area contributed by atoms with Crippen molar-refractivity contribution in [1.82, 2.24) is 0 Å². The SMILES string of the molecule is Brc1cc2c(cc1NCC1CCC=CO1)OCCO2. The average Bonchev–Trinajstić information content (AvgIpc) is 2.46. The molecule has 0 saturated carbocycles. The van der Waals surface area contributed by atoms with Crippen molar-refractivity contribution in [2.75, 3.05) is 25.1 Å². The van der Waals surface area contributed by atoms with Gasteiger partial charge in [0.25, 0.3) is 0 Å². The zero-order valence-corrected chi connectivity index (χ0v) is 12.1. The maximum atomic E-state index is 5.58. The van der Waals surface area contributed by atoms with Crippen LogP contribution in [0.15, 0.2) is 28.9 Å². The summed E-state index contributed by atoms with van der Waals surface area (Å²) in [6.07, 6.45) is 6.19. The molecule has 19 heavy (non-hydrogen) atoms. The first kappa shape index (κ1) is 12.7. The second-order valence-electron chi connectivity index (χ2n) is 4.56. The first-order chi connectivity index (χ1) is 9.33. The maximum Gasteiger partial charge on any atom is 0.163 e. The van der Waals surface area contributed by atoms with Gasteiger partial charge in [-0.1, -0.05) is 0 Å². The molecule has 0 aromatic heterocycles. The number of anilines is 1. The Kier molecular flexibility index (Phi) is 3.82. The van der Waals surface area contributed by atoms with Crippen molar-refractivity contribution in [2.45, 2.75) is 18.9 Å². The van der Waals surface area contributed by atoms with E-state index < -0.39 is 0 Å². The van der Waals surface area contributed by atoms with Crippen molar-refractivity contribution in [3.8, 4) is 11.5 Å². The van der Waals surface area contributed by atoms with Gasteiger partial charge in [0.1, 0.15) is 19.3 Å². The summed E-state index contributed by atoms with van der Waals surface area (Å²) in [4.78, 5) is 0. The zero-order chi connectivity index (χ0) is 13.1. The Morgan fingerprint density at radius 1 is 1.21 bits per heavy atom. The van der Waals surface area contributed by atoms with Gasteiger partial charge in [0, 0.05) is 16.6 Å². The third kappa shape index (κ3) is 2.97. The molecule has 0 aliphatic carbocycles. The van der Waals surface area contributed by atoms with Gasteiger partial charge in [0.2, 0.25) is 0 Å². The van der Waals surface area contributed by atoms with Crippen LogP contribution in [0.4, 0.5) is 5.69 Å². The lowest BCUT2D eigenvalue weighted by atomic mass is 10.1. The van der Waals surface area contributed by atoms with Gasteiger partial charge in [-0.15, -0.1) is 0 Å². The molecule has 0 saturated heterocycles. The van der Waals surface area contributed by atoms with Gasteiger partial charge in [-0.2, -0.15) is 0 Å². The number of hydrogen-bond donors (Lipinski definition) is 1. The van der Waals surface area contributed by atoms with Crippen LogP contribution in [0.3, 0.4) is 0 Å². The Morgan fingerprint density at radius 3 is 2.74 bits per heavy atom. The lowest BCUT2D eigenvalue weighted by Crippen LogP contribution is -2.23. The molecule has 102 valence electrons. The van der Waals surface area contributed by atoms with Gasteiger partial charge in [-0.05, 0) is 34.8 Å². The molecule has 5 heteroatoms. The van der Waals surface area contributed by atoms with E-state index in [-0.39, 0.29) is 6.10 Å². The molecular formula is C14H16BrNO3. The second kappa shape index (κ2) is 5.74. The molecule has 2 heterocycles. The van der Waals surface area contributed by atoms with Gasteiger partial charge >= 0.3 is 0 Å². The molecule has 0 amide bonds. The first-order valence-electron chi connectivity index (χ1n) is 6.46. The number of allylic oxidation sites excluding steroid dienone is 1. The van der Waals surface area contributed by atoms with Crippen molar-refractivity contribution in [2.24, 2.45) is 0 Å². The van der Waals surface area contributed by atoms with Crippen LogP contribution in [0, 0.1) is 0 Å². The fourth-order valence-corrected chi connectivity index (χ4v) is 2.62. The Morgan fingerprint density at radius 2 is 2.00 bits per heavy atom. The topological polar surface area (TPSA) is 39.7 Å². The van der Waals surface area contributed by atoms with E-state index in [1.807, 2.05) is 12.1 Å². The summed E-state index contributed by atoms with van der Waals surface area (Å²) < 4.78 is 17.6.